The van der Waals surface area contributed by atoms with Gasteiger partial charge in [0.1, 0.15) is 6.10 Å². The molecule has 1 aromatic carbocycles. The van der Waals surface area contributed by atoms with Gasteiger partial charge in [-0.25, -0.2) is 14.6 Å². The van der Waals surface area contributed by atoms with Gasteiger partial charge in [0.05, 0.1) is 35.6 Å². The molecule has 0 radical (unpaired) electrons. The summed E-state index contributed by atoms with van der Waals surface area (Å²) in [6.45, 7) is 3.29. The third-order valence-corrected chi connectivity index (χ3v) is 7.19. The molecular formula is C27H23ClN6O3. The van der Waals surface area contributed by atoms with E-state index < -0.39 is 0 Å². The van der Waals surface area contributed by atoms with E-state index in [1.807, 2.05) is 60.9 Å². The number of pyridine rings is 2. The van der Waals surface area contributed by atoms with E-state index in [2.05, 4.69) is 27.0 Å². The number of aromatic amines is 1. The maximum Gasteiger partial charge on any atom is 0.296 e. The molecular weight excluding hydrogens is 492 g/mol. The van der Waals surface area contributed by atoms with Crippen molar-refractivity contribution in [1.82, 2.24) is 29.7 Å². The summed E-state index contributed by atoms with van der Waals surface area (Å²) < 4.78 is 19.6. The molecule has 6 heterocycles. The van der Waals surface area contributed by atoms with Crippen LogP contribution in [0.5, 0.6) is 6.01 Å². The summed E-state index contributed by atoms with van der Waals surface area (Å²) in [6, 6.07) is 16.1. The Bertz CT molecular complexity index is 1550. The highest BCUT2D eigenvalue weighted by atomic mass is 35.5. The number of rotatable bonds is 5. The van der Waals surface area contributed by atoms with Crippen molar-refractivity contribution in [3.8, 4) is 34.2 Å². The van der Waals surface area contributed by atoms with Crippen molar-refractivity contribution in [3.05, 3.63) is 72.1 Å². The van der Waals surface area contributed by atoms with E-state index in [1.165, 1.54) is 0 Å². The minimum atomic E-state index is -0.207. The van der Waals surface area contributed by atoms with Gasteiger partial charge in [-0.15, -0.1) is 0 Å². The van der Waals surface area contributed by atoms with Crippen molar-refractivity contribution in [2.24, 2.45) is 5.92 Å². The Kier molecular flexibility index (Phi) is 5.42. The van der Waals surface area contributed by atoms with Gasteiger partial charge >= 0.3 is 0 Å². The van der Waals surface area contributed by atoms with Crippen LogP contribution in [0.4, 0.5) is 0 Å². The third kappa shape index (κ3) is 4.05. The number of hydrogen-bond acceptors (Lipinski definition) is 7. The monoisotopic (exact) mass is 514 g/mol. The Morgan fingerprint density at radius 3 is 2.59 bits per heavy atom. The number of imidazole rings is 1. The number of aromatic nitrogens is 6. The minimum absolute atomic E-state index is 0.0710. The number of nitrogens with zero attached hydrogens (tertiary/aromatic N) is 5. The molecule has 4 atom stereocenters. The lowest BCUT2D eigenvalue weighted by Gasteiger charge is -2.15. The Morgan fingerprint density at radius 1 is 1.00 bits per heavy atom. The van der Waals surface area contributed by atoms with Gasteiger partial charge in [0.25, 0.3) is 6.01 Å². The average Bonchev–Trinajstić information content (AvgIpc) is 3.71. The van der Waals surface area contributed by atoms with Crippen LogP contribution in [0.3, 0.4) is 0 Å². The SMILES string of the molecule is C[C@@H]1CO[C@H]2[C@@H]1OC[C@H]2Oc1nc2nc(-c3ccc(-c4ccc(-n5cccn5)nc4)cc3)c(Cl)cc2[nH]1. The quantitative estimate of drug-likeness (QED) is 0.362. The lowest BCUT2D eigenvalue weighted by molar-refractivity contribution is 0.0262. The summed E-state index contributed by atoms with van der Waals surface area (Å²) in [6.07, 6.45) is 5.21. The molecule has 2 saturated heterocycles. The second-order valence-corrected chi connectivity index (χ2v) is 9.80. The zero-order valence-electron chi connectivity index (χ0n) is 19.9. The average molecular weight is 515 g/mol. The molecule has 0 spiro atoms. The van der Waals surface area contributed by atoms with Crippen molar-refractivity contribution in [2.45, 2.75) is 25.2 Å². The maximum atomic E-state index is 6.62. The van der Waals surface area contributed by atoms with E-state index in [1.54, 1.807) is 10.9 Å². The minimum Gasteiger partial charge on any atom is -0.456 e. The first-order valence-corrected chi connectivity index (χ1v) is 12.5. The van der Waals surface area contributed by atoms with Gasteiger partial charge in [-0.05, 0) is 29.8 Å². The lowest BCUT2D eigenvalue weighted by Crippen LogP contribution is -2.33. The molecule has 4 aromatic heterocycles. The summed E-state index contributed by atoms with van der Waals surface area (Å²) in [7, 11) is 0. The van der Waals surface area contributed by atoms with Crippen LogP contribution in [0.25, 0.3) is 39.4 Å². The van der Waals surface area contributed by atoms with Gasteiger partial charge in [0, 0.05) is 35.6 Å². The van der Waals surface area contributed by atoms with E-state index >= 15 is 0 Å². The highest BCUT2D eigenvalue weighted by Crippen LogP contribution is 2.34. The van der Waals surface area contributed by atoms with Crippen LogP contribution < -0.4 is 4.74 Å². The Hall–Kier alpha value is -3.79. The van der Waals surface area contributed by atoms with Crippen LogP contribution in [0.2, 0.25) is 5.02 Å². The van der Waals surface area contributed by atoms with E-state index in [0.717, 1.165) is 22.5 Å². The molecule has 0 aliphatic carbocycles. The molecule has 1 N–H and O–H groups in total. The highest BCUT2D eigenvalue weighted by molar-refractivity contribution is 6.33. The second kappa shape index (κ2) is 8.95. The first-order chi connectivity index (χ1) is 18.1. The zero-order chi connectivity index (χ0) is 24.9. The molecule has 5 aromatic rings. The van der Waals surface area contributed by atoms with Crippen molar-refractivity contribution in [2.75, 3.05) is 13.2 Å². The summed E-state index contributed by atoms with van der Waals surface area (Å²) in [4.78, 5) is 17.0. The predicted octanol–water partition coefficient (Wildman–Crippen LogP) is 4.71. The van der Waals surface area contributed by atoms with Crippen LogP contribution in [0.15, 0.2) is 67.1 Å². The number of nitrogens with one attached hydrogen (secondary N) is 1. The normalized spacial score (nSPS) is 23.0. The van der Waals surface area contributed by atoms with Crippen LogP contribution in [-0.2, 0) is 9.47 Å². The summed E-state index contributed by atoms with van der Waals surface area (Å²) >= 11 is 6.62. The molecule has 0 saturated carbocycles. The van der Waals surface area contributed by atoms with E-state index in [0.29, 0.717) is 47.0 Å². The smallest absolute Gasteiger partial charge is 0.296 e. The number of H-pyrrole nitrogens is 1. The molecule has 0 bridgehead atoms. The van der Waals surface area contributed by atoms with Gasteiger partial charge in [0.2, 0.25) is 0 Å². The third-order valence-electron chi connectivity index (χ3n) is 6.90. The molecule has 186 valence electrons. The van der Waals surface area contributed by atoms with Crippen LogP contribution in [-0.4, -0.2) is 61.2 Å². The van der Waals surface area contributed by atoms with Crippen LogP contribution in [0.1, 0.15) is 6.92 Å². The van der Waals surface area contributed by atoms with Crippen LogP contribution in [0, 0.1) is 5.92 Å². The van der Waals surface area contributed by atoms with Gasteiger partial charge in [0.15, 0.2) is 17.6 Å². The first-order valence-electron chi connectivity index (χ1n) is 12.2. The van der Waals surface area contributed by atoms with Gasteiger partial charge in [-0.3, -0.25) is 0 Å². The van der Waals surface area contributed by atoms with E-state index in [-0.39, 0.29) is 18.3 Å². The van der Waals surface area contributed by atoms with Crippen molar-refractivity contribution in [1.29, 1.82) is 0 Å². The fourth-order valence-electron chi connectivity index (χ4n) is 4.97. The molecule has 10 heteroatoms. The lowest BCUT2D eigenvalue weighted by atomic mass is 10.0. The molecule has 37 heavy (non-hydrogen) atoms. The Labute approximate surface area is 217 Å². The van der Waals surface area contributed by atoms with Crippen molar-refractivity contribution < 1.29 is 14.2 Å². The van der Waals surface area contributed by atoms with Gasteiger partial charge < -0.3 is 19.2 Å². The fraction of sp³-hybridized carbons (Fsp3) is 0.259. The van der Waals surface area contributed by atoms with Gasteiger partial charge in [-0.1, -0.05) is 42.8 Å². The predicted molar refractivity (Wildman–Crippen MR) is 138 cm³/mol. The van der Waals surface area contributed by atoms with E-state index in [9.17, 15) is 0 Å². The maximum absolute atomic E-state index is 6.62. The van der Waals surface area contributed by atoms with Crippen molar-refractivity contribution in [3.63, 3.8) is 0 Å². The number of benzene rings is 1. The standard InChI is InChI=1S/C27H23ClN6O3/c1-15-13-35-25-21(14-36-24(15)25)37-27-31-20-11-19(28)23(32-26(20)33-27)17-5-3-16(4-6-17)18-7-8-22(29-12-18)34-10-2-9-30-34/h2-12,15,21,24-25H,13-14H2,1H3,(H,31,32,33)/t15-,21-,24-,25-/m1/s1. The number of ether oxygens (including phenoxy) is 3. The largest absolute Gasteiger partial charge is 0.456 e. The molecule has 2 fully saturated rings. The number of hydrogen-bond donors (Lipinski definition) is 1. The zero-order valence-corrected chi connectivity index (χ0v) is 20.7. The van der Waals surface area contributed by atoms with Gasteiger partial charge in [-0.2, -0.15) is 10.1 Å². The molecule has 2 aliphatic heterocycles. The topological polar surface area (TPSA) is 100.0 Å². The van der Waals surface area contributed by atoms with E-state index in [4.69, 9.17) is 30.8 Å². The summed E-state index contributed by atoms with van der Waals surface area (Å²) in [5.41, 5.74) is 4.83. The number of fused-ring (bicyclic) bond motifs is 2. The fourth-order valence-corrected chi connectivity index (χ4v) is 5.23. The number of halogens is 1. The molecule has 0 amide bonds. The van der Waals surface area contributed by atoms with Crippen molar-refractivity contribution >= 4 is 22.8 Å². The molecule has 7 rings (SSSR count). The Morgan fingerprint density at radius 2 is 1.81 bits per heavy atom. The summed E-state index contributed by atoms with van der Waals surface area (Å²) in [5, 5.41) is 4.74. The summed E-state index contributed by atoms with van der Waals surface area (Å²) in [5.74, 6) is 1.13. The second-order valence-electron chi connectivity index (χ2n) is 9.39. The molecule has 2 aliphatic rings. The first kappa shape index (κ1) is 22.4. The van der Waals surface area contributed by atoms with Crippen LogP contribution >= 0.6 is 11.6 Å². The molecule has 0 unspecified atom stereocenters. The highest BCUT2D eigenvalue weighted by Gasteiger charge is 2.47. The molecule has 9 nitrogen and oxygen atoms in total. The Balaban J connectivity index is 1.11.